The van der Waals surface area contributed by atoms with Crippen molar-refractivity contribution in [3.63, 3.8) is 0 Å². The minimum atomic E-state index is -0.420. The molecule has 1 aromatic rings. The number of rotatable bonds is 3. The second kappa shape index (κ2) is 9.45. The van der Waals surface area contributed by atoms with E-state index in [0.717, 1.165) is 31.2 Å². The first-order valence-electron chi connectivity index (χ1n) is 9.34. The van der Waals surface area contributed by atoms with Crippen molar-refractivity contribution < 1.29 is 14.6 Å². The van der Waals surface area contributed by atoms with Crippen LogP contribution in [0.3, 0.4) is 0 Å². The minimum Gasteiger partial charge on any atom is -0.507 e. The summed E-state index contributed by atoms with van der Waals surface area (Å²) in [6, 6.07) is 5.20. The Bertz CT molecular complexity index is 630. The van der Waals surface area contributed by atoms with Crippen molar-refractivity contribution in [1.29, 1.82) is 0 Å². The molecule has 3 nitrogen and oxygen atoms in total. The number of fused-ring (bicyclic) bond motifs is 1. The number of carbonyl (C=O) groups excluding carboxylic acids is 1. The zero-order chi connectivity index (χ0) is 18.2. The normalized spacial score (nSPS) is 26.4. The molecule has 1 aliphatic heterocycles. The predicted octanol–water partition coefficient (Wildman–Crippen LogP) is 5.44. The smallest absolute Gasteiger partial charge is 0.342 e. The van der Waals surface area contributed by atoms with Crippen molar-refractivity contribution in [3.8, 4) is 5.75 Å². The average Bonchev–Trinajstić information content (AvgIpc) is 2.57. The molecule has 1 heterocycles. The van der Waals surface area contributed by atoms with Gasteiger partial charge in [0.15, 0.2) is 0 Å². The summed E-state index contributed by atoms with van der Waals surface area (Å²) in [7, 11) is 0. The second-order valence-electron chi connectivity index (χ2n) is 7.06. The van der Waals surface area contributed by atoms with Gasteiger partial charge in [-0.2, -0.15) is 0 Å². The van der Waals surface area contributed by atoms with Gasteiger partial charge >= 0.3 is 5.97 Å². The van der Waals surface area contributed by atoms with E-state index in [4.69, 9.17) is 4.74 Å². The standard InChI is InChI=1S/C22H30O3/c1-4-5-6-13-19-15-17(3)16(2)10-7-8-11-18-12-9-14-20(23)21(18)22(24)25-19/h5-9,12,14,16-17,19,23H,4,10-11,13,15H2,1-3H3/b6-5+,8-7+. The van der Waals surface area contributed by atoms with E-state index < -0.39 is 5.97 Å². The van der Waals surface area contributed by atoms with Crippen LogP contribution in [0, 0.1) is 11.8 Å². The largest absolute Gasteiger partial charge is 0.507 e. The molecule has 3 heteroatoms. The van der Waals surface area contributed by atoms with Gasteiger partial charge < -0.3 is 9.84 Å². The van der Waals surface area contributed by atoms with E-state index in [2.05, 4.69) is 45.1 Å². The van der Waals surface area contributed by atoms with Gasteiger partial charge in [-0.3, -0.25) is 0 Å². The summed E-state index contributed by atoms with van der Waals surface area (Å²) >= 11 is 0. The topological polar surface area (TPSA) is 46.5 Å². The fourth-order valence-electron chi connectivity index (χ4n) is 3.21. The van der Waals surface area contributed by atoms with Crippen molar-refractivity contribution in [2.24, 2.45) is 11.8 Å². The molecule has 1 aliphatic rings. The number of hydrogen-bond donors (Lipinski definition) is 1. The molecule has 1 N–H and O–H groups in total. The molecule has 0 saturated carbocycles. The highest BCUT2D eigenvalue weighted by molar-refractivity contribution is 5.94. The van der Waals surface area contributed by atoms with Gasteiger partial charge in [-0.25, -0.2) is 4.79 Å². The number of aromatic hydroxyl groups is 1. The number of carbonyl (C=O) groups is 1. The Labute approximate surface area is 151 Å². The van der Waals surface area contributed by atoms with Gasteiger partial charge in [-0.05, 0) is 49.1 Å². The summed E-state index contributed by atoms with van der Waals surface area (Å²) in [5.74, 6) is 0.575. The molecule has 3 unspecified atom stereocenters. The highest BCUT2D eigenvalue weighted by atomic mass is 16.5. The van der Waals surface area contributed by atoms with Crippen LogP contribution in [0.1, 0.15) is 62.4 Å². The zero-order valence-electron chi connectivity index (χ0n) is 15.6. The van der Waals surface area contributed by atoms with Gasteiger partial charge in [0.25, 0.3) is 0 Å². The minimum absolute atomic E-state index is 0.00257. The van der Waals surface area contributed by atoms with E-state index in [1.807, 2.05) is 6.07 Å². The summed E-state index contributed by atoms with van der Waals surface area (Å²) in [6.07, 6.45) is 12.5. The Balaban J connectivity index is 2.32. The molecule has 0 radical (unpaired) electrons. The monoisotopic (exact) mass is 342 g/mol. The van der Waals surface area contributed by atoms with Crippen LogP contribution in [0.4, 0.5) is 0 Å². The fourth-order valence-corrected chi connectivity index (χ4v) is 3.21. The first kappa shape index (κ1) is 19.3. The van der Waals surface area contributed by atoms with Crippen LogP contribution < -0.4 is 0 Å². The van der Waals surface area contributed by atoms with E-state index in [1.54, 1.807) is 12.1 Å². The third kappa shape index (κ3) is 5.48. The number of allylic oxidation sites excluding steroid dienone is 3. The highest BCUT2D eigenvalue weighted by Crippen LogP contribution is 2.28. The van der Waals surface area contributed by atoms with Gasteiger partial charge in [-0.1, -0.05) is 57.2 Å². The van der Waals surface area contributed by atoms with Crippen molar-refractivity contribution in [2.75, 3.05) is 0 Å². The van der Waals surface area contributed by atoms with Gasteiger partial charge in [0.05, 0.1) is 0 Å². The summed E-state index contributed by atoms with van der Waals surface area (Å²) < 4.78 is 5.82. The lowest BCUT2D eigenvalue weighted by Gasteiger charge is -2.25. The van der Waals surface area contributed by atoms with E-state index in [9.17, 15) is 9.90 Å². The van der Waals surface area contributed by atoms with E-state index >= 15 is 0 Å². The number of phenolic OH excluding ortho intramolecular Hbond substituents is 1. The summed E-state index contributed by atoms with van der Waals surface area (Å²) in [4.78, 5) is 12.7. The SMILES string of the molecule is CC/C=C/CC1CC(C)C(C)C/C=C/Cc2cccc(O)c2C(=O)O1. The van der Waals surface area contributed by atoms with Gasteiger partial charge in [0.1, 0.15) is 17.4 Å². The number of hydrogen-bond acceptors (Lipinski definition) is 3. The Hall–Kier alpha value is -2.03. The fraction of sp³-hybridized carbons (Fsp3) is 0.500. The maximum Gasteiger partial charge on any atom is 0.342 e. The Kier molecular flexibility index (Phi) is 7.30. The number of esters is 1. The molecule has 0 amide bonds. The number of benzene rings is 1. The lowest BCUT2D eigenvalue weighted by Crippen LogP contribution is -2.24. The van der Waals surface area contributed by atoms with Gasteiger partial charge in [-0.15, -0.1) is 0 Å². The summed E-state index contributed by atoms with van der Waals surface area (Å²) in [5, 5.41) is 10.2. The Morgan fingerprint density at radius 3 is 2.76 bits per heavy atom. The van der Waals surface area contributed by atoms with Crippen LogP contribution in [-0.4, -0.2) is 17.2 Å². The molecule has 3 atom stereocenters. The highest BCUT2D eigenvalue weighted by Gasteiger charge is 2.24. The molecule has 0 aromatic heterocycles. The molecule has 0 saturated heterocycles. The Morgan fingerprint density at radius 2 is 2.00 bits per heavy atom. The van der Waals surface area contributed by atoms with Crippen LogP contribution >= 0.6 is 0 Å². The van der Waals surface area contributed by atoms with Gasteiger partial charge in [0.2, 0.25) is 0 Å². The summed E-state index contributed by atoms with van der Waals surface area (Å²) in [5.41, 5.74) is 1.11. The van der Waals surface area contributed by atoms with Crippen molar-refractivity contribution >= 4 is 5.97 Å². The third-order valence-corrected chi connectivity index (χ3v) is 5.03. The van der Waals surface area contributed by atoms with Crippen LogP contribution in [0.5, 0.6) is 5.75 Å². The number of ether oxygens (including phenoxy) is 1. The molecular weight excluding hydrogens is 312 g/mol. The molecule has 25 heavy (non-hydrogen) atoms. The van der Waals surface area contributed by atoms with Crippen molar-refractivity contribution in [1.82, 2.24) is 0 Å². The third-order valence-electron chi connectivity index (χ3n) is 5.03. The van der Waals surface area contributed by atoms with Crippen molar-refractivity contribution in [3.05, 3.63) is 53.6 Å². The predicted molar refractivity (Wildman–Crippen MR) is 102 cm³/mol. The average molecular weight is 342 g/mol. The lowest BCUT2D eigenvalue weighted by atomic mass is 9.87. The first-order valence-corrected chi connectivity index (χ1v) is 9.34. The first-order chi connectivity index (χ1) is 12.0. The molecule has 0 aliphatic carbocycles. The van der Waals surface area contributed by atoms with Crippen LogP contribution in [-0.2, 0) is 11.2 Å². The van der Waals surface area contributed by atoms with Crippen LogP contribution in [0.2, 0.25) is 0 Å². The molecule has 2 rings (SSSR count). The molecule has 0 bridgehead atoms. The van der Waals surface area contributed by atoms with Crippen molar-refractivity contribution in [2.45, 2.75) is 59.0 Å². The molecule has 1 aromatic carbocycles. The van der Waals surface area contributed by atoms with Crippen LogP contribution in [0.25, 0.3) is 0 Å². The maximum absolute atomic E-state index is 12.7. The van der Waals surface area contributed by atoms with E-state index in [-0.39, 0.29) is 11.9 Å². The lowest BCUT2D eigenvalue weighted by molar-refractivity contribution is 0.0231. The zero-order valence-corrected chi connectivity index (χ0v) is 15.6. The quantitative estimate of drug-likeness (QED) is 0.588. The molecule has 0 spiro atoms. The number of cyclic esters (lactones) is 1. The summed E-state index contributed by atoms with van der Waals surface area (Å²) in [6.45, 7) is 6.57. The maximum atomic E-state index is 12.7. The Morgan fingerprint density at radius 1 is 1.20 bits per heavy atom. The van der Waals surface area contributed by atoms with E-state index in [1.165, 1.54) is 0 Å². The van der Waals surface area contributed by atoms with Crippen LogP contribution in [0.15, 0.2) is 42.5 Å². The molecular formula is C22H30O3. The second-order valence-corrected chi connectivity index (χ2v) is 7.06. The van der Waals surface area contributed by atoms with E-state index in [0.29, 0.717) is 23.8 Å². The number of phenols is 1. The molecule has 136 valence electrons. The molecule has 0 fully saturated rings. The van der Waals surface area contributed by atoms with Gasteiger partial charge in [0, 0.05) is 6.42 Å².